The molecule has 1 saturated heterocycles. The van der Waals surface area contributed by atoms with Crippen LogP contribution in [0.2, 0.25) is 0 Å². The SMILES string of the molecule is N/C(=N\O)C(=O)N1CCCCC1. The molecular formula is C7H13N3O2. The quantitative estimate of drug-likeness (QED) is 0.228. The van der Waals surface area contributed by atoms with Gasteiger partial charge in [-0.2, -0.15) is 0 Å². The summed E-state index contributed by atoms with van der Waals surface area (Å²) >= 11 is 0. The van der Waals surface area contributed by atoms with Crippen LogP contribution in [0.15, 0.2) is 5.16 Å². The summed E-state index contributed by atoms with van der Waals surface area (Å²) in [5.74, 6) is -0.686. The Morgan fingerprint density at radius 2 is 1.92 bits per heavy atom. The van der Waals surface area contributed by atoms with Crippen molar-refractivity contribution in [1.82, 2.24) is 4.90 Å². The number of rotatable bonds is 0. The molecule has 3 N–H and O–H groups in total. The molecular weight excluding hydrogens is 158 g/mol. The number of carbonyl (C=O) groups excluding carboxylic acids is 1. The molecule has 1 heterocycles. The molecule has 0 aliphatic carbocycles. The molecule has 0 aromatic heterocycles. The van der Waals surface area contributed by atoms with Crippen LogP contribution in [0, 0.1) is 0 Å². The second-order valence-corrected chi connectivity index (χ2v) is 2.84. The van der Waals surface area contributed by atoms with Crippen LogP contribution in [-0.2, 0) is 4.79 Å². The summed E-state index contributed by atoms with van der Waals surface area (Å²) in [7, 11) is 0. The number of amidine groups is 1. The molecule has 0 aromatic carbocycles. The number of piperidine rings is 1. The molecule has 5 heteroatoms. The zero-order valence-corrected chi connectivity index (χ0v) is 6.86. The predicted octanol–water partition coefficient (Wildman–Crippen LogP) is -0.255. The highest BCUT2D eigenvalue weighted by atomic mass is 16.4. The third kappa shape index (κ3) is 1.87. The van der Waals surface area contributed by atoms with E-state index >= 15 is 0 Å². The topological polar surface area (TPSA) is 78.9 Å². The Morgan fingerprint density at radius 1 is 1.33 bits per heavy atom. The number of carbonyl (C=O) groups is 1. The van der Waals surface area contributed by atoms with Crippen LogP contribution in [0.1, 0.15) is 19.3 Å². The molecule has 0 atom stereocenters. The summed E-state index contributed by atoms with van der Waals surface area (Å²) in [6.45, 7) is 1.43. The van der Waals surface area contributed by atoms with E-state index in [1.807, 2.05) is 0 Å². The first-order valence-electron chi connectivity index (χ1n) is 4.02. The fraction of sp³-hybridized carbons (Fsp3) is 0.714. The van der Waals surface area contributed by atoms with Crippen molar-refractivity contribution in [3.8, 4) is 0 Å². The molecule has 0 saturated carbocycles. The number of nitrogens with two attached hydrogens (primary N) is 1. The normalized spacial score (nSPS) is 19.3. The fourth-order valence-electron chi connectivity index (χ4n) is 1.30. The van der Waals surface area contributed by atoms with Gasteiger partial charge in [-0.05, 0) is 19.3 Å². The van der Waals surface area contributed by atoms with E-state index in [1.165, 1.54) is 0 Å². The molecule has 68 valence electrons. The third-order valence-electron chi connectivity index (χ3n) is 1.97. The third-order valence-corrected chi connectivity index (χ3v) is 1.97. The van der Waals surface area contributed by atoms with Crippen LogP contribution < -0.4 is 5.73 Å². The average Bonchev–Trinajstić information content (AvgIpc) is 2.17. The Bertz CT molecular complexity index is 197. The number of likely N-dealkylation sites (tertiary alicyclic amines) is 1. The Morgan fingerprint density at radius 3 is 2.42 bits per heavy atom. The molecule has 1 amide bonds. The second kappa shape index (κ2) is 3.94. The Hall–Kier alpha value is -1.26. The minimum Gasteiger partial charge on any atom is -0.409 e. The van der Waals surface area contributed by atoms with E-state index in [-0.39, 0.29) is 11.7 Å². The fourth-order valence-corrected chi connectivity index (χ4v) is 1.30. The Kier molecular flexibility index (Phi) is 2.90. The van der Waals surface area contributed by atoms with Gasteiger partial charge in [-0.1, -0.05) is 5.16 Å². The zero-order chi connectivity index (χ0) is 8.97. The molecule has 0 unspecified atom stereocenters. The zero-order valence-electron chi connectivity index (χ0n) is 6.86. The first-order valence-corrected chi connectivity index (χ1v) is 4.02. The lowest BCUT2D eigenvalue weighted by Gasteiger charge is -2.25. The van der Waals surface area contributed by atoms with E-state index in [2.05, 4.69) is 5.16 Å². The van der Waals surface area contributed by atoms with Gasteiger partial charge < -0.3 is 15.8 Å². The van der Waals surface area contributed by atoms with Crippen molar-refractivity contribution in [2.24, 2.45) is 10.9 Å². The largest absolute Gasteiger partial charge is 0.409 e. The van der Waals surface area contributed by atoms with E-state index in [0.29, 0.717) is 0 Å². The monoisotopic (exact) mass is 171 g/mol. The lowest BCUT2D eigenvalue weighted by atomic mass is 10.1. The summed E-state index contributed by atoms with van der Waals surface area (Å²) in [6.07, 6.45) is 3.16. The van der Waals surface area contributed by atoms with Gasteiger partial charge in [0.2, 0.25) is 5.84 Å². The van der Waals surface area contributed by atoms with Crippen LogP contribution in [0.25, 0.3) is 0 Å². The van der Waals surface area contributed by atoms with Gasteiger partial charge in [-0.25, -0.2) is 0 Å². The van der Waals surface area contributed by atoms with Crippen LogP contribution in [0.4, 0.5) is 0 Å². The number of hydrogen-bond donors (Lipinski definition) is 2. The maximum absolute atomic E-state index is 11.2. The first kappa shape index (κ1) is 8.83. The second-order valence-electron chi connectivity index (χ2n) is 2.84. The Balaban J connectivity index is 2.51. The van der Waals surface area contributed by atoms with Crippen molar-refractivity contribution in [2.75, 3.05) is 13.1 Å². The summed E-state index contributed by atoms with van der Waals surface area (Å²) < 4.78 is 0. The van der Waals surface area contributed by atoms with Gasteiger partial charge in [-0.3, -0.25) is 4.79 Å². The van der Waals surface area contributed by atoms with Crippen molar-refractivity contribution in [3.05, 3.63) is 0 Å². The number of oxime groups is 1. The van der Waals surface area contributed by atoms with Crippen molar-refractivity contribution in [2.45, 2.75) is 19.3 Å². The predicted molar refractivity (Wildman–Crippen MR) is 43.8 cm³/mol. The lowest BCUT2D eigenvalue weighted by Crippen LogP contribution is -2.43. The van der Waals surface area contributed by atoms with Gasteiger partial charge >= 0.3 is 0 Å². The molecule has 1 aliphatic heterocycles. The summed E-state index contributed by atoms with van der Waals surface area (Å²) in [4.78, 5) is 12.8. The minimum atomic E-state index is -0.364. The van der Waals surface area contributed by atoms with E-state index in [1.54, 1.807) is 4.90 Å². The van der Waals surface area contributed by atoms with Crippen LogP contribution in [0.3, 0.4) is 0 Å². The van der Waals surface area contributed by atoms with Crippen molar-refractivity contribution >= 4 is 11.7 Å². The molecule has 0 aromatic rings. The van der Waals surface area contributed by atoms with E-state index < -0.39 is 0 Å². The molecule has 0 bridgehead atoms. The number of amides is 1. The molecule has 12 heavy (non-hydrogen) atoms. The smallest absolute Gasteiger partial charge is 0.292 e. The van der Waals surface area contributed by atoms with Crippen molar-refractivity contribution in [1.29, 1.82) is 0 Å². The molecule has 1 rings (SSSR count). The first-order chi connectivity index (χ1) is 5.75. The summed E-state index contributed by atoms with van der Waals surface area (Å²) in [6, 6.07) is 0. The molecule has 0 radical (unpaired) electrons. The maximum Gasteiger partial charge on any atom is 0.292 e. The van der Waals surface area contributed by atoms with E-state index in [0.717, 1.165) is 32.4 Å². The average molecular weight is 171 g/mol. The molecule has 0 spiro atoms. The highest BCUT2D eigenvalue weighted by Gasteiger charge is 2.19. The highest BCUT2D eigenvalue weighted by Crippen LogP contribution is 2.08. The molecule has 1 aliphatic rings. The molecule has 1 fully saturated rings. The van der Waals surface area contributed by atoms with Gasteiger partial charge in [0.05, 0.1) is 0 Å². The lowest BCUT2D eigenvalue weighted by molar-refractivity contribution is -0.125. The molecule has 5 nitrogen and oxygen atoms in total. The minimum absolute atomic E-state index is 0.322. The summed E-state index contributed by atoms with van der Waals surface area (Å²) in [5.41, 5.74) is 5.16. The number of nitrogens with zero attached hydrogens (tertiary/aromatic N) is 2. The van der Waals surface area contributed by atoms with E-state index in [4.69, 9.17) is 10.9 Å². The van der Waals surface area contributed by atoms with Crippen LogP contribution in [-0.4, -0.2) is 34.9 Å². The maximum atomic E-state index is 11.2. The van der Waals surface area contributed by atoms with E-state index in [9.17, 15) is 4.79 Å². The standard InChI is InChI=1S/C7H13N3O2/c8-6(9-12)7(11)10-4-2-1-3-5-10/h12H,1-5H2,(H2,8,9). The van der Waals surface area contributed by atoms with Gasteiger partial charge in [0, 0.05) is 13.1 Å². The highest BCUT2D eigenvalue weighted by molar-refractivity contribution is 6.36. The van der Waals surface area contributed by atoms with Crippen molar-refractivity contribution in [3.63, 3.8) is 0 Å². The van der Waals surface area contributed by atoms with Gasteiger partial charge in [-0.15, -0.1) is 0 Å². The number of hydrogen-bond acceptors (Lipinski definition) is 3. The van der Waals surface area contributed by atoms with Gasteiger partial charge in [0.1, 0.15) is 0 Å². The van der Waals surface area contributed by atoms with Gasteiger partial charge in [0.15, 0.2) is 0 Å². The van der Waals surface area contributed by atoms with Crippen molar-refractivity contribution < 1.29 is 10.0 Å². The van der Waals surface area contributed by atoms with Gasteiger partial charge in [0.25, 0.3) is 5.91 Å². The summed E-state index contributed by atoms with van der Waals surface area (Å²) in [5, 5.41) is 10.9. The van der Waals surface area contributed by atoms with Crippen LogP contribution in [0.5, 0.6) is 0 Å². The van der Waals surface area contributed by atoms with Crippen LogP contribution >= 0.6 is 0 Å². The Labute approximate surface area is 70.8 Å².